The lowest BCUT2D eigenvalue weighted by Crippen LogP contribution is -2.47. The predicted octanol–water partition coefficient (Wildman–Crippen LogP) is -0.105. The molecule has 1 atom stereocenters. The first kappa shape index (κ1) is 13.9. The smallest absolute Gasteiger partial charge is 0.327 e. The number of amides is 1. The van der Waals surface area contributed by atoms with Gasteiger partial charge in [-0.25, -0.2) is 4.79 Å². The third-order valence-electron chi connectivity index (χ3n) is 1.34. The van der Waals surface area contributed by atoms with Gasteiger partial charge in [-0.1, -0.05) is 0 Å². The number of hydrogen-bond acceptors (Lipinski definition) is 4. The van der Waals surface area contributed by atoms with E-state index in [9.17, 15) is 9.59 Å². The van der Waals surface area contributed by atoms with Gasteiger partial charge in [0.05, 0.1) is 12.1 Å². The van der Waals surface area contributed by atoms with E-state index >= 15 is 0 Å². The van der Waals surface area contributed by atoms with Crippen LogP contribution in [0.2, 0.25) is 0 Å². The van der Waals surface area contributed by atoms with E-state index in [1.54, 1.807) is 0 Å². The van der Waals surface area contributed by atoms with Crippen LogP contribution in [0.5, 0.6) is 0 Å². The highest BCUT2D eigenvalue weighted by Crippen LogP contribution is 2.03. The van der Waals surface area contributed by atoms with Crippen LogP contribution < -0.4 is 10.8 Å². The summed E-state index contributed by atoms with van der Waals surface area (Å²) in [5.41, 5.74) is 2.11. The first-order valence-electron chi connectivity index (χ1n) is 4.63. The molecule has 1 unspecified atom stereocenters. The summed E-state index contributed by atoms with van der Waals surface area (Å²) >= 11 is 0. The summed E-state index contributed by atoms with van der Waals surface area (Å²) in [6.07, 6.45) is 0. The highest BCUT2D eigenvalue weighted by atomic mass is 16.7. The van der Waals surface area contributed by atoms with Crippen molar-refractivity contribution in [3.8, 4) is 0 Å². The second-order valence-electron chi connectivity index (χ2n) is 4.15. The summed E-state index contributed by atoms with van der Waals surface area (Å²) in [5.74, 6) is -1.49. The first-order chi connectivity index (χ1) is 6.72. The number of aliphatic carboxylic acids is 1. The SMILES string of the molecule is CC(=O)NC(CNOC(C)(C)C)C(=O)O. The van der Waals surface area contributed by atoms with Crippen molar-refractivity contribution in [2.45, 2.75) is 39.3 Å². The van der Waals surface area contributed by atoms with Crippen LogP contribution in [0.3, 0.4) is 0 Å². The molecular weight excluding hydrogens is 200 g/mol. The average molecular weight is 218 g/mol. The van der Waals surface area contributed by atoms with Crippen molar-refractivity contribution in [1.29, 1.82) is 0 Å². The summed E-state index contributed by atoms with van der Waals surface area (Å²) in [4.78, 5) is 26.5. The topological polar surface area (TPSA) is 87.7 Å². The van der Waals surface area contributed by atoms with E-state index in [0.29, 0.717) is 0 Å². The Kier molecular flexibility index (Phi) is 5.24. The number of hydroxylamine groups is 1. The monoisotopic (exact) mass is 218 g/mol. The van der Waals surface area contributed by atoms with E-state index in [1.807, 2.05) is 20.8 Å². The second kappa shape index (κ2) is 5.67. The molecule has 0 radical (unpaired) electrons. The van der Waals surface area contributed by atoms with Gasteiger partial charge in [0, 0.05) is 6.92 Å². The van der Waals surface area contributed by atoms with Crippen molar-refractivity contribution in [2.75, 3.05) is 6.54 Å². The maximum Gasteiger partial charge on any atom is 0.327 e. The lowest BCUT2D eigenvalue weighted by atomic mass is 10.2. The fourth-order valence-electron chi connectivity index (χ4n) is 0.787. The molecule has 0 fully saturated rings. The lowest BCUT2D eigenvalue weighted by Gasteiger charge is -2.21. The van der Waals surface area contributed by atoms with Crippen LogP contribution in [0, 0.1) is 0 Å². The number of carbonyl (C=O) groups excluding carboxylic acids is 1. The maximum atomic E-state index is 10.7. The molecule has 0 aromatic carbocycles. The zero-order chi connectivity index (χ0) is 12.1. The average Bonchev–Trinajstić information content (AvgIpc) is 1.99. The van der Waals surface area contributed by atoms with E-state index < -0.39 is 17.6 Å². The van der Waals surface area contributed by atoms with Crippen LogP contribution >= 0.6 is 0 Å². The standard InChI is InChI=1S/C9H18N2O4/c1-6(12)11-7(8(13)14)5-10-15-9(2,3)4/h7,10H,5H2,1-4H3,(H,11,12)(H,13,14). The van der Waals surface area contributed by atoms with E-state index in [0.717, 1.165) is 0 Å². The quantitative estimate of drug-likeness (QED) is 0.561. The maximum absolute atomic E-state index is 10.7. The molecule has 0 spiro atoms. The number of nitrogens with one attached hydrogen (secondary N) is 2. The molecule has 0 aromatic rings. The van der Waals surface area contributed by atoms with Crippen LogP contribution in [0.4, 0.5) is 0 Å². The minimum Gasteiger partial charge on any atom is -0.480 e. The molecule has 6 heteroatoms. The molecule has 0 bridgehead atoms. The van der Waals surface area contributed by atoms with Crippen LogP contribution in [0.25, 0.3) is 0 Å². The van der Waals surface area contributed by atoms with Crippen molar-refractivity contribution < 1.29 is 19.5 Å². The Morgan fingerprint density at radius 3 is 2.27 bits per heavy atom. The van der Waals surface area contributed by atoms with E-state index in [1.165, 1.54) is 6.92 Å². The van der Waals surface area contributed by atoms with Crippen LogP contribution in [0.1, 0.15) is 27.7 Å². The molecule has 0 heterocycles. The van der Waals surface area contributed by atoms with E-state index in [4.69, 9.17) is 9.94 Å². The third-order valence-corrected chi connectivity index (χ3v) is 1.34. The minimum atomic E-state index is -1.10. The molecule has 15 heavy (non-hydrogen) atoms. The van der Waals surface area contributed by atoms with Gasteiger partial charge in [0.1, 0.15) is 6.04 Å². The largest absolute Gasteiger partial charge is 0.480 e. The van der Waals surface area contributed by atoms with Crippen molar-refractivity contribution in [3.05, 3.63) is 0 Å². The number of carboxylic acids is 1. The fraction of sp³-hybridized carbons (Fsp3) is 0.778. The molecule has 0 aliphatic heterocycles. The molecular formula is C9H18N2O4. The number of hydrogen-bond donors (Lipinski definition) is 3. The molecule has 0 rings (SSSR count). The molecule has 0 saturated carbocycles. The van der Waals surface area contributed by atoms with Gasteiger partial charge in [-0.2, -0.15) is 5.48 Å². The molecule has 1 amide bonds. The van der Waals surface area contributed by atoms with Gasteiger partial charge < -0.3 is 10.4 Å². The Morgan fingerprint density at radius 2 is 1.93 bits per heavy atom. The zero-order valence-corrected chi connectivity index (χ0v) is 9.46. The van der Waals surface area contributed by atoms with Crippen molar-refractivity contribution in [1.82, 2.24) is 10.8 Å². The Morgan fingerprint density at radius 1 is 1.40 bits per heavy atom. The van der Waals surface area contributed by atoms with Crippen molar-refractivity contribution >= 4 is 11.9 Å². The predicted molar refractivity (Wildman–Crippen MR) is 54.1 cm³/mol. The minimum absolute atomic E-state index is 0.0200. The van der Waals surface area contributed by atoms with Gasteiger partial charge in [0.2, 0.25) is 5.91 Å². The normalized spacial score (nSPS) is 13.3. The molecule has 0 saturated heterocycles. The molecule has 6 nitrogen and oxygen atoms in total. The van der Waals surface area contributed by atoms with Gasteiger partial charge in [-0.3, -0.25) is 9.63 Å². The van der Waals surface area contributed by atoms with Crippen LogP contribution in [-0.2, 0) is 14.4 Å². The summed E-state index contributed by atoms with van der Waals surface area (Å²) in [5, 5.41) is 11.0. The van der Waals surface area contributed by atoms with Gasteiger partial charge in [0.25, 0.3) is 0 Å². The van der Waals surface area contributed by atoms with Gasteiger partial charge >= 0.3 is 5.97 Å². The highest BCUT2D eigenvalue weighted by Gasteiger charge is 2.19. The highest BCUT2D eigenvalue weighted by molar-refractivity contribution is 5.82. The molecule has 0 aliphatic rings. The Bertz CT molecular complexity index is 235. The van der Waals surface area contributed by atoms with Gasteiger partial charge in [-0.05, 0) is 20.8 Å². The van der Waals surface area contributed by atoms with Crippen molar-refractivity contribution in [2.24, 2.45) is 0 Å². The number of carbonyl (C=O) groups is 2. The fourth-order valence-corrected chi connectivity index (χ4v) is 0.787. The Balaban J connectivity index is 3.98. The molecule has 0 aliphatic carbocycles. The molecule has 88 valence electrons. The van der Waals surface area contributed by atoms with E-state index in [-0.39, 0.29) is 12.5 Å². The van der Waals surface area contributed by atoms with Gasteiger partial charge in [-0.15, -0.1) is 0 Å². The number of carboxylic acid groups (broad SMARTS) is 1. The van der Waals surface area contributed by atoms with Crippen molar-refractivity contribution in [3.63, 3.8) is 0 Å². The van der Waals surface area contributed by atoms with Crippen LogP contribution in [0.15, 0.2) is 0 Å². The third kappa shape index (κ3) is 7.90. The number of rotatable bonds is 5. The summed E-state index contributed by atoms with van der Waals surface area (Å²) < 4.78 is 0. The summed E-state index contributed by atoms with van der Waals surface area (Å²) in [6.45, 7) is 6.77. The molecule has 0 aromatic heterocycles. The van der Waals surface area contributed by atoms with Gasteiger partial charge in [0.15, 0.2) is 0 Å². The second-order valence-corrected chi connectivity index (χ2v) is 4.15. The summed E-state index contributed by atoms with van der Waals surface area (Å²) in [6, 6.07) is -0.982. The Labute approximate surface area is 88.9 Å². The zero-order valence-electron chi connectivity index (χ0n) is 9.46. The summed E-state index contributed by atoms with van der Waals surface area (Å²) in [7, 11) is 0. The first-order valence-corrected chi connectivity index (χ1v) is 4.63. The Hall–Kier alpha value is -1.14. The molecule has 3 N–H and O–H groups in total. The van der Waals surface area contributed by atoms with E-state index in [2.05, 4.69) is 10.8 Å². The lowest BCUT2D eigenvalue weighted by molar-refractivity contribution is -0.143. The van der Waals surface area contributed by atoms with Crippen LogP contribution in [-0.4, -0.2) is 35.2 Å².